The number of carbonyl (C=O) groups is 3. The highest BCUT2D eigenvalue weighted by Crippen LogP contribution is 2.35. The molecule has 1 aliphatic rings. The van der Waals surface area contributed by atoms with Crippen LogP contribution in [0.15, 0.2) is 46.6 Å². The third-order valence-electron chi connectivity index (χ3n) is 4.10. The number of hydrogen-bond acceptors (Lipinski definition) is 6. The summed E-state index contributed by atoms with van der Waals surface area (Å²) in [4.78, 5) is 37.4. The van der Waals surface area contributed by atoms with Crippen molar-refractivity contribution in [2.24, 2.45) is 0 Å². The molecule has 0 aromatic heterocycles. The quantitative estimate of drug-likeness (QED) is 0.373. The van der Waals surface area contributed by atoms with E-state index >= 15 is 0 Å². The lowest BCUT2D eigenvalue weighted by Gasteiger charge is -2.12. The maximum atomic E-state index is 12.8. The van der Waals surface area contributed by atoms with Crippen molar-refractivity contribution in [2.45, 2.75) is 0 Å². The van der Waals surface area contributed by atoms with Crippen molar-refractivity contribution in [3.8, 4) is 11.5 Å². The minimum Gasteiger partial charge on any atom is -0.493 e. The summed E-state index contributed by atoms with van der Waals surface area (Å²) in [5.74, 6) is -0.435. The van der Waals surface area contributed by atoms with E-state index in [0.717, 1.165) is 4.90 Å². The number of halogens is 2. The number of nitrogens with zero attached hydrogens (tertiary/aromatic N) is 1. The predicted molar refractivity (Wildman–Crippen MR) is 114 cm³/mol. The molecular weight excluding hydrogens is 480 g/mol. The van der Waals surface area contributed by atoms with Crippen molar-refractivity contribution in [2.75, 3.05) is 25.7 Å². The highest BCUT2D eigenvalue weighted by atomic mass is 79.9. The standard InChI is InChI=1S/C20H16BrClN2O6/c1-28-16-7-11(14(21)9-17(16)30-10-18(25)29-2)6-15-19(26)24(20(27)23-15)13-5-3-4-12(22)8-13/h3-9H,10H2,1-2H3,(H,23,27). The van der Waals surface area contributed by atoms with E-state index in [1.54, 1.807) is 30.3 Å². The first kappa shape index (κ1) is 21.7. The Hall–Kier alpha value is -3.04. The second kappa shape index (κ2) is 9.19. The molecule has 1 heterocycles. The summed E-state index contributed by atoms with van der Waals surface area (Å²) < 4.78 is 15.8. The number of nitrogens with one attached hydrogen (secondary N) is 1. The van der Waals surface area contributed by atoms with E-state index in [0.29, 0.717) is 32.2 Å². The second-order valence-electron chi connectivity index (χ2n) is 6.00. The fraction of sp³-hybridized carbons (Fsp3) is 0.150. The number of imide groups is 1. The van der Waals surface area contributed by atoms with Gasteiger partial charge in [0, 0.05) is 9.50 Å². The average molecular weight is 496 g/mol. The second-order valence-corrected chi connectivity index (χ2v) is 7.29. The Balaban J connectivity index is 1.90. The van der Waals surface area contributed by atoms with Crippen molar-refractivity contribution in [3.05, 3.63) is 57.2 Å². The van der Waals surface area contributed by atoms with Crippen LogP contribution in [0.25, 0.3) is 6.08 Å². The molecule has 1 N–H and O–H groups in total. The molecule has 3 rings (SSSR count). The lowest BCUT2D eigenvalue weighted by atomic mass is 10.1. The molecule has 2 aromatic carbocycles. The monoisotopic (exact) mass is 494 g/mol. The molecule has 0 unspecified atom stereocenters. The van der Waals surface area contributed by atoms with Crippen LogP contribution in [0.2, 0.25) is 5.02 Å². The van der Waals surface area contributed by atoms with Gasteiger partial charge in [-0.05, 0) is 42.0 Å². The highest BCUT2D eigenvalue weighted by molar-refractivity contribution is 9.10. The molecule has 8 nitrogen and oxygen atoms in total. The van der Waals surface area contributed by atoms with Crippen molar-refractivity contribution in [1.82, 2.24) is 5.32 Å². The molecule has 156 valence electrons. The van der Waals surface area contributed by atoms with Gasteiger partial charge in [0.25, 0.3) is 5.91 Å². The smallest absolute Gasteiger partial charge is 0.343 e. The van der Waals surface area contributed by atoms with Crippen molar-refractivity contribution < 1.29 is 28.6 Å². The first-order valence-electron chi connectivity index (χ1n) is 8.54. The summed E-state index contributed by atoms with van der Waals surface area (Å²) >= 11 is 9.36. The SMILES string of the molecule is COC(=O)COc1cc(Br)c(C=C2NC(=O)N(c3cccc(Cl)c3)C2=O)cc1OC. The van der Waals surface area contributed by atoms with E-state index in [4.69, 9.17) is 21.1 Å². The summed E-state index contributed by atoms with van der Waals surface area (Å²) in [6, 6.07) is 9.03. The van der Waals surface area contributed by atoms with Crippen LogP contribution >= 0.6 is 27.5 Å². The van der Waals surface area contributed by atoms with Crippen molar-refractivity contribution in [3.63, 3.8) is 0 Å². The molecule has 10 heteroatoms. The van der Waals surface area contributed by atoms with Crippen LogP contribution < -0.4 is 19.7 Å². The predicted octanol–water partition coefficient (Wildman–Crippen LogP) is 3.76. The fourth-order valence-electron chi connectivity index (χ4n) is 2.67. The first-order chi connectivity index (χ1) is 14.3. The fourth-order valence-corrected chi connectivity index (χ4v) is 3.29. The maximum absolute atomic E-state index is 12.8. The number of rotatable bonds is 6. The lowest BCUT2D eigenvalue weighted by Crippen LogP contribution is -2.30. The Morgan fingerprint density at radius 3 is 2.63 bits per heavy atom. The number of benzene rings is 2. The summed E-state index contributed by atoms with van der Waals surface area (Å²) in [6.07, 6.45) is 1.50. The average Bonchev–Trinajstić information content (AvgIpc) is 3.00. The van der Waals surface area contributed by atoms with Gasteiger partial charge >= 0.3 is 12.0 Å². The van der Waals surface area contributed by atoms with Gasteiger partial charge < -0.3 is 19.5 Å². The number of carbonyl (C=O) groups excluding carboxylic acids is 3. The van der Waals surface area contributed by atoms with Gasteiger partial charge in [-0.25, -0.2) is 14.5 Å². The van der Waals surface area contributed by atoms with Crippen molar-refractivity contribution >= 4 is 57.2 Å². The summed E-state index contributed by atoms with van der Waals surface area (Å²) in [7, 11) is 2.70. The van der Waals surface area contributed by atoms with Crippen molar-refractivity contribution in [1.29, 1.82) is 0 Å². The van der Waals surface area contributed by atoms with Crippen LogP contribution in [0.4, 0.5) is 10.5 Å². The van der Waals surface area contributed by atoms with Gasteiger partial charge in [0.05, 0.1) is 19.9 Å². The van der Waals surface area contributed by atoms with E-state index < -0.39 is 17.9 Å². The Labute approximate surface area is 185 Å². The van der Waals surface area contributed by atoms with E-state index in [9.17, 15) is 14.4 Å². The van der Waals surface area contributed by atoms with E-state index in [1.807, 2.05) is 0 Å². The highest BCUT2D eigenvalue weighted by Gasteiger charge is 2.35. The number of esters is 1. The number of methoxy groups -OCH3 is 2. The number of amides is 3. The van der Waals surface area contributed by atoms with Gasteiger partial charge in [-0.3, -0.25) is 4.79 Å². The molecule has 0 atom stereocenters. The normalized spacial score (nSPS) is 14.7. The first-order valence-corrected chi connectivity index (χ1v) is 9.71. The van der Waals surface area contributed by atoms with E-state index in [2.05, 4.69) is 26.0 Å². The summed E-state index contributed by atoms with van der Waals surface area (Å²) in [5, 5.41) is 2.95. The third-order valence-corrected chi connectivity index (χ3v) is 5.02. The molecule has 1 saturated heterocycles. The third kappa shape index (κ3) is 4.58. The van der Waals surface area contributed by atoms with Gasteiger partial charge in [-0.1, -0.05) is 33.6 Å². The molecule has 2 aromatic rings. The van der Waals surface area contributed by atoms with Crippen LogP contribution in [0.5, 0.6) is 11.5 Å². The topological polar surface area (TPSA) is 94.2 Å². The van der Waals surface area contributed by atoms with Gasteiger partial charge in [-0.15, -0.1) is 0 Å². The minimum absolute atomic E-state index is 0.0750. The zero-order chi connectivity index (χ0) is 21.8. The van der Waals surface area contributed by atoms with Crippen LogP contribution in [0.3, 0.4) is 0 Å². The summed E-state index contributed by atoms with van der Waals surface area (Å²) in [6.45, 7) is -0.289. The van der Waals surface area contributed by atoms with E-state index in [-0.39, 0.29) is 12.3 Å². The number of hydrogen-bond donors (Lipinski definition) is 1. The molecule has 0 bridgehead atoms. The van der Waals surface area contributed by atoms with Crippen LogP contribution in [-0.4, -0.2) is 38.7 Å². The Morgan fingerprint density at radius 2 is 1.97 bits per heavy atom. The molecule has 0 radical (unpaired) electrons. The van der Waals surface area contributed by atoms with Gasteiger partial charge in [0.1, 0.15) is 5.70 Å². The van der Waals surface area contributed by atoms with Gasteiger partial charge in [0.15, 0.2) is 18.1 Å². The molecule has 3 amide bonds. The lowest BCUT2D eigenvalue weighted by molar-refractivity contribution is -0.142. The number of urea groups is 1. The van der Waals surface area contributed by atoms with Crippen LogP contribution in [-0.2, 0) is 14.3 Å². The number of ether oxygens (including phenoxy) is 3. The molecule has 1 fully saturated rings. The van der Waals surface area contributed by atoms with Gasteiger partial charge in [-0.2, -0.15) is 0 Å². The Kier molecular flexibility index (Phi) is 6.63. The minimum atomic E-state index is -0.588. The molecular formula is C20H16BrClN2O6. The largest absolute Gasteiger partial charge is 0.493 e. The zero-order valence-corrected chi connectivity index (χ0v) is 18.2. The van der Waals surface area contributed by atoms with E-state index in [1.165, 1.54) is 26.4 Å². The zero-order valence-electron chi connectivity index (χ0n) is 15.9. The number of anilines is 1. The molecule has 0 aliphatic carbocycles. The molecule has 30 heavy (non-hydrogen) atoms. The molecule has 1 aliphatic heterocycles. The Bertz CT molecular complexity index is 1060. The summed E-state index contributed by atoms with van der Waals surface area (Å²) in [5.41, 5.74) is 0.983. The molecule has 0 saturated carbocycles. The van der Waals surface area contributed by atoms with Crippen LogP contribution in [0, 0.1) is 0 Å². The maximum Gasteiger partial charge on any atom is 0.343 e. The Morgan fingerprint density at radius 1 is 1.20 bits per heavy atom. The molecule has 0 spiro atoms. The van der Waals surface area contributed by atoms with Gasteiger partial charge in [0.2, 0.25) is 0 Å². The van der Waals surface area contributed by atoms with Crippen LogP contribution in [0.1, 0.15) is 5.56 Å².